The van der Waals surface area contributed by atoms with Crippen molar-refractivity contribution < 1.29 is 19.2 Å². The second kappa shape index (κ2) is 24.3. The van der Waals surface area contributed by atoms with Crippen LogP contribution in [0.1, 0.15) is 103 Å². The topological polar surface area (TPSA) is 116 Å². The van der Waals surface area contributed by atoms with Gasteiger partial charge in [-0.2, -0.15) is 50.5 Å². The van der Waals surface area contributed by atoms with Gasteiger partial charge in [0.1, 0.15) is 0 Å². The van der Waals surface area contributed by atoms with E-state index in [2.05, 4.69) is 71.8 Å². The van der Waals surface area contributed by atoms with E-state index in [0.29, 0.717) is 25.7 Å². The van der Waals surface area contributed by atoms with Crippen LogP contribution in [0.4, 0.5) is 0 Å². The maximum atomic E-state index is 12.9. The molecule has 0 aliphatic carbocycles. The van der Waals surface area contributed by atoms with E-state index < -0.39 is 5.91 Å². The Morgan fingerprint density at radius 1 is 0.378 bits per heavy atom. The van der Waals surface area contributed by atoms with Crippen LogP contribution in [0, 0.1) is 0 Å². The minimum Gasteiger partial charge on any atom is -0.298 e. The molecule has 8 nitrogen and oxygen atoms in total. The van der Waals surface area contributed by atoms with Crippen molar-refractivity contribution in [1.29, 1.82) is 0 Å². The molecular formula is C25H48N4O4S4. The molecule has 12 heteroatoms. The highest BCUT2D eigenvalue weighted by molar-refractivity contribution is 7.80. The largest absolute Gasteiger partial charge is 0.298 e. The molecular weight excluding hydrogens is 549 g/mol. The predicted molar refractivity (Wildman–Crippen MR) is 165 cm³/mol. The van der Waals surface area contributed by atoms with Gasteiger partial charge < -0.3 is 0 Å². The van der Waals surface area contributed by atoms with Crippen molar-refractivity contribution in [2.24, 2.45) is 0 Å². The van der Waals surface area contributed by atoms with Crippen molar-refractivity contribution >= 4 is 74.1 Å². The molecule has 0 aliphatic heterocycles. The molecule has 0 unspecified atom stereocenters. The number of thiol groups is 4. The zero-order valence-electron chi connectivity index (χ0n) is 22.1. The summed E-state index contributed by atoms with van der Waals surface area (Å²) in [5, 5.41) is 10.9. The third-order valence-corrected chi connectivity index (χ3v) is 6.82. The molecule has 37 heavy (non-hydrogen) atoms. The third kappa shape index (κ3) is 20.9. The highest BCUT2D eigenvalue weighted by atomic mass is 32.1. The summed E-state index contributed by atoms with van der Waals surface area (Å²) in [6, 6.07) is 0. The van der Waals surface area contributed by atoms with E-state index >= 15 is 0 Å². The Hall–Kier alpha value is -0.720. The van der Waals surface area contributed by atoms with Gasteiger partial charge in [-0.1, -0.05) is 25.7 Å². The number of carbonyl (C=O) groups is 4. The van der Waals surface area contributed by atoms with E-state index in [-0.39, 0.29) is 49.3 Å². The first-order chi connectivity index (χ1) is 17.8. The molecule has 4 N–H and O–H groups in total. The fraction of sp³-hybridized carbons (Fsp3) is 0.840. The highest BCUT2D eigenvalue weighted by Crippen LogP contribution is 2.08. The summed E-state index contributed by atoms with van der Waals surface area (Å²) in [7, 11) is 0. The molecule has 0 atom stereocenters. The number of rotatable bonds is 24. The molecule has 0 aliphatic rings. The minimum absolute atomic E-state index is 0.197. The van der Waals surface area contributed by atoms with Crippen LogP contribution in [0.5, 0.6) is 0 Å². The Balaban J connectivity index is 5.60. The van der Waals surface area contributed by atoms with Crippen molar-refractivity contribution in [2.45, 2.75) is 109 Å². The lowest BCUT2D eigenvalue weighted by atomic mass is 10.1. The molecule has 0 aromatic carbocycles. The van der Waals surface area contributed by atoms with E-state index in [0.717, 1.165) is 74.4 Å². The maximum Gasteiger partial charge on any atom is 0.276 e. The maximum absolute atomic E-state index is 12.9. The molecule has 0 saturated heterocycles. The van der Waals surface area contributed by atoms with Gasteiger partial charge in [0.15, 0.2) is 0 Å². The number of carbonyl (C=O) groups excluding carboxylic acids is 4. The summed E-state index contributed by atoms with van der Waals surface area (Å²) in [6.45, 7) is 0. The number of unbranched alkanes of at least 4 members (excludes halogenated alkanes) is 8. The summed E-state index contributed by atoms with van der Waals surface area (Å²) >= 11 is 16.8. The molecule has 0 heterocycles. The van der Waals surface area contributed by atoms with Gasteiger partial charge in [-0.3, -0.25) is 40.4 Å². The van der Waals surface area contributed by atoms with Crippen LogP contribution < -0.4 is 21.3 Å². The van der Waals surface area contributed by atoms with Crippen molar-refractivity contribution in [3.8, 4) is 0 Å². The summed E-state index contributed by atoms with van der Waals surface area (Å²) in [5.41, 5.74) is 0. The molecule has 4 amide bonds. The van der Waals surface area contributed by atoms with Crippen molar-refractivity contribution in [1.82, 2.24) is 21.3 Å². The number of nitrogens with one attached hydrogen (secondary N) is 4. The lowest BCUT2D eigenvalue weighted by Crippen LogP contribution is -2.78. The van der Waals surface area contributed by atoms with Gasteiger partial charge in [0, 0.05) is 25.7 Å². The Bertz CT molecular complexity index is 547. The van der Waals surface area contributed by atoms with Gasteiger partial charge in [-0.05, 0) is 74.4 Å². The summed E-state index contributed by atoms with van der Waals surface area (Å²) < 4.78 is 0. The second-order valence-electron chi connectivity index (χ2n) is 9.08. The van der Waals surface area contributed by atoms with E-state index in [4.69, 9.17) is 0 Å². The van der Waals surface area contributed by atoms with Crippen LogP contribution in [-0.2, 0) is 19.2 Å². The Morgan fingerprint density at radius 3 is 0.784 bits per heavy atom. The highest BCUT2D eigenvalue weighted by Gasteiger charge is 2.37. The van der Waals surface area contributed by atoms with E-state index in [1.807, 2.05) is 0 Å². The molecule has 216 valence electrons. The minimum atomic E-state index is -1.89. The van der Waals surface area contributed by atoms with Gasteiger partial charge in [0.05, 0.1) is 0 Å². The van der Waals surface area contributed by atoms with Gasteiger partial charge >= 0.3 is 0 Å². The molecule has 0 bridgehead atoms. The fourth-order valence-electron chi connectivity index (χ4n) is 3.57. The molecule has 0 rings (SSSR count). The smallest absolute Gasteiger partial charge is 0.276 e. The lowest BCUT2D eigenvalue weighted by molar-refractivity contribution is -0.136. The van der Waals surface area contributed by atoms with Crippen molar-refractivity contribution in [3.05, 3.63) is 0 Å². The Labute approximate surface area is 245 Å². The Morgan fingerprint density at radius 2 is 0.595 bits per heavy atom. The van der Waals surface area contributed by atoms with Crippen LogP contribution in [-0.4, -0.2) is 52.6 Å². The van der Waals surface area contributed by atoms with Crippen LogP contribution in [0.2, 0.25) is 0 Å². The SMILES string of the molecule is O=C(CCCCCS)NC(NC(=O)CCCCCS)(NC(=O)CCCCCS)NC(=O)CCCCCS. The summed E-state index contributed by atoms with van der Waals surface area (Å²) in [6.07, 6.45) is 10.2. The molecule has 0 spiro atoms. The quantitative estimate of drug-likeness (QED) is 0.0488. The standard InChI is InChI=1S/C25H48N4O4S4/c30-21(13-5-1-9-17-34)26-25(27-22(31)14-6-2-10-18-35,28-23(32)15-7-3-11-19-36)29-24(33)16-8-4-12-20-37/h34-37H,1-20H2,(H,26,30)(H,27,31)(H,28,32)(H,29,33). The van der Waals surface area contributed by atoms with Crippen LogP contribution in [0.15, 0.2) is 0 Å². The van der Waals surface area contributed by atoms with Gasteiger partial charge in [0.25, 0.3) is 5.91 Å². The Kier molecular flexibility index (Phi) is 23.9. The van der Waals surface area contributed by atoms with Crippen molar-refractivity contribution in [3.63, 3.8) is 0 Å². The molecule has 0 aromatic heterocycles. The zero-order chi connectivity index (χ0) is 27.8. The normalized spacial score (nSPS) is 11.1. The fourth-order valence-corrected chi connectivity index (χ4v) is 4.46. The van der Waals surface area contributed by atoms with Gasteiger partial charge in [0.2, 0.25) is 23.6 Å². The van der Waals surface area contributed by atoms with Crippen LogP contribution in [0.25, 0.3) is 0 Å². The first-order valence-corrected chi connectivity index (χ1v) is 16.0. The second-order valence-corrected chi connectivity index (χ2v) is 10.9. The van der Waals surface area contributed by atoms with E-state index in [9.17, 15) is 19.2 Å². The van der Waals surface area contributed by atoms with E-state index in [1.54, 1.807) is 0 Å². The van der Waals surface area contributed by atoms with E-state index in [1.165, 1.54) is 0 Å². The average molecular weight is 597 g/mol. The molecule has 0 aromatic rings. The molecule has 0 radical (unpaired) electrons. The first kappa shape index (κ1) is 36.3. The van der Waals surface area contributed by atoms with Crippen molar-refractivity contribution in [2.75, 3.05) is 23.0 Å². The molecule has 0 fully saturated rings. The van der Waals surface area contributed by atoms with Gasteiger partial charge in [-0.15, -0.1) is 0 Å². The average Bonchev–Trinajstić information content (AvgIpc) is 2.85. The number of hydrogen-bond donors (Lipinski definition) is 8. The number of hydrogen-bond acceptors (Lipinski definition) is 8. The molecule has 0 saturated carbocycles. The zero-order valence-corrected chi connectivity index (χ0v) is 25.6. The predicted octanol–water partition coefficient (Wildman–Crippen LogP) is 4.02. The summed E-state index contributed by atoms with van der Waals surface area (Å²) in [4.78, 5) is 51.4. The van der Waals surface area contributed by atoms with Crippen LogP contribution >= 0.6 is 50.5 Å². The first-order valence-electron chi connectivity index (χ1n) is 13.5. The van der Waals surface area contributed by atoms with Crippen LogP contribution in [0.3, 0.4) is 0 Å². The monoisotopic (exact) mass is 596 g/mol. The summed E-state index contributed by atoms with van der Waals surface area (Å²) in [5.74, 6) is -0.435. The third-order valence-electron chi connectivity index (χ3n) is 5.56. The van der Waals surface area contributed by atoms with Gasteiger partial charge in [-0.25, -0.2) is 0 Å². The number of amides is 4. The lowest BCUT2D eigenvalue weighted by Gasteiger charge is -2.36.